The van der Waals surface area contributed by atoms with E-state index in [2.05, 4.69) is 70.5 Å². The van der Waals surface area contributed by atoms with E-state index < -0.39 is 0 Å². The number of nitrogens with two attached hydrogens (primary N) is 1. The molecule has 0 radical (unpaired) electrons. The fourth-order valence-electron chi connectivity index (χ4n) is 2.75. The van der Waals surface area contributed by atoms with E-state index in [4.69, 9.17) is 10.6 Å². The second-order valence-corrected chi connectivity index (χ2v) is 6.60. The first-order chi connectivity index (χ1) is 10.3. The number of benzene rings is 2. The minimum absolute atomic E-state index is 0.187. The minimum atomic E-state index is 0.187. The Morgan fingerprint density at radius 1 is 1.19 bits per heavy atom. The molecule has 0 saturated heterocycles. The average Bonchev–Trinajstić information content (AvgIpc) is 2.97. The number of hydrogen-bond acceptors (Lipinski definition) is 3. The van der Waals surface area contributed by atoms with E-state index in [-0.39, 0.29) is 6.04 Å². The highest BCUT2D eigenvalue weighted by atomic mass is 127. The number of halogens is 1. The molecule has 0 fully saturated rings. The van der Waals surface area contributed by atoms with E-state index >= 15 is 0 Å². The Labute approximate surface area is 139 Å². The zero-order chi connectivity index (χ0) is 14.7. The van der Waals surface area contributed by atoms with Gasteiger partial charge in [0.15, 0.2) is 0 Å². The van der Waals surface area contributed by atoms with Crippen molar-refractivity contribution < 1.29 is 4.74 Å². The number of ether oxygens (including phenoxy) is 1. The summed E-state index contributed by atoms with van der Waals surface area (Å²) in [4.78, 5) is 0. The van der Waals surface area contributed by atoms with Crippen LogP contribution in [0.4, 0.5) is 0 Å². The summed E-state index contributed by atoms with van der Waals surface area (Å²) in [5.41, 5.74) is 6.86. The molecule has 1 unspecified atom stereocenters. The first kappa shape index (κ1) is 14.8. The third-order valence-corrected chi connectivity index (χ3v) is 4.67. The second-order valence-electron chi connectivity index (χ2n) is 5.35. The number of hydrogen-bond donors (Lipinski definition) is 2. The average molecular weight is 394 g/mol. The Bertz CT molecular complexity index is 613. The summed E-state index contributed by atoms with van der Waals surface area (Å²) in [7, 11) is 0. The molecule has 0 aromatic heterocycles. The maximum atomic E-state index is 5.73. The lowest BCUT2D eigenvalue weighted by Gasteiger charge is -2.16. The van der Waals surface area contributed by atoms with Crippen molar-refractivity contribution in [2.75, 3.05) is 6.61 Å². The van der Waals surface area contributed by atoms with Crippen LogP contribution in [0, 0.1) is 3.57 Å². The minimum Gasteiger partial charge on any atom is -0.493 e. The number of aryl methyl sites for hydroxylation is 1. The standard InChI is InChI=1S/C17H19IN2O/c18-15-5-3-13(4-6-15)16(20-19)7-1-12-2-8-17-14(11-12)9-10-21-17/h2-6,8,11,16,20H,1,7,9-10,19H2. The van der Waals surface area contributed by atoms with Gasteiger partial charge in [0.05, 0.1) is 6.61 Å². The van der Waals surface area contributed by atoms with Gasteiger partial charge in [-0.05, 0) is 70.3 Å². The number of rotatable bonds is 5. The van der Waals surface area contributed by atoms with Crippen molar-refractivity contribution in [3.05, 3.63) is 62.7 Å². The monoisotopic (exact) mass is 394 g/mol. The van der Waals surface area contributed by atoms with Crippen molar-refractivity contribution >= 4 is 22.6 Å². The highest BCUT2D eigenvalue weighted by Gasteiger charge is 2.14. The van der Waals surface area contributed by atoms with Crippen LogP contribution in [0.3, 0.4) is 0 Å². The zero-order valence-corrected chi connectivity index (χ0v) is 14.0. The molecule has 3 rings (SSSR count). The van der Waals surface area contributed by atoms with Crippen molar-refractivity contribution in [1.29, 1.82) is 0 Å². The van der Waals surface area contributed by atoms with Gasteiger partial charge in [-0.2, -0.15) is 0 Å². The van der Waals surface area contributed by atoms with Crippen LogP contribution < -0.4 is 16.0 Å². The van der Waals surface area contributed by atoms with E-state index in [0.717, 1.165) is 31.6 Å². The third kappa shape index (κ3) is 3.56. The van der Waals surface area contributed by atoms with Gasteiger partial charge < -0.3 is 4.74 Å². The highest BCUT2D eigenvalue weighted by molar-refractivity contribution is 14.1. The molecule has 2 aromatic rings. The zero-order valence-electron chi connectivity index (χ0n) is 11.8. The van der Waals surface area contributed by atoms with Crippen LogP contribution in [-0.2, 0) is 12.8 Å². The molecule has 3 N–H and O–H groups in total. The van der Waals surface area contributed by atoms with Gasteiger partial charge in [-0.3, -0.25) is 11.3 Å². The van der Waals surface area contributed by atoms with Crippen LogP contribution in [0.1, 0.15) is 29.2 Å². The summed E-state index contributed by atoms with van der Waals surface area (Å²) in [6, 6.07) is 15.2. The molecule has 0 saturated carbocycles. The lowest BCUT2D eigenvalue weighted by molar-refractivity contribution is 0.357. The second kappa shape index (κ2) is 6.77. The summed E-state index contributed by atoms with van der Waals surface area (Å²) in [6.07, 6.45) is 3.02. The molecule has 1 heterocycles. The van der Waals surface area contributed by atoms with Gasteiger partial charge in [-0.25, -0.2) is 0 Å². The van der Waals surface area contributed by atoms with Crippen LogP contribution in [-0.4, -0.2) is 6.61 Å². The van der Waals surface area contributed by atoms with Gasteiger partial charge in [0.2, 0.25) is 0 Å². The van der Waals surface area contributed by atoms with Crippen LogP contribution in [0.5, 0.6) is 5.75 Å². The molecule has 1 atom stereocenters. The van der Waals surface area contributed by atoms with Crippen LogP contribution >= 0.6 is 22.6 Å². The van der Waals surface area contributed by atoms with Gasteiger partial charge in [-0.15, -0.1) is 0 Å². The van der Waals surface area contributed by atoms with Crippen LogP contribution in [0.15, 0.2) is 42.5 Å². The van der Waals surface area contributed by atoms with E-state index in [1.54, 1.807) is 0 Å². The van der Waals surface area contributed by atoms with E-state index in [1.807, 2.05) is 0 Å². The quantitative estimate of drug-likeness (QED) is 0.465. The number of fused-ring (bicyclic) bond motifs is 1. The predicted molar refractivity (Wildman–Crippen MR) is 93.2 cm³/mol. The van der Waals surface area contributed by atoms with Gasteiger partial charge in [0, 0.05) is 16.0 Å². The largest absolute Gasteiger partial charge is 0.493 e. The molecule has 0 aliphatic carbocycles. The molecular weight excluding hydrogens is 375 g/mol. The highest BCUT2D eigenvalue weighted by Crippen LogP contribution is 2.27. The van der Waals surface area contributed by atoms with E-state index in [1.165, 1.54) is 20.3 Å². The van der Waals surface area contributed by atoms with Crippen molar-refractivity contribution in [2.45, 2.75) is 25.3 Å². The maximum absolute atomic E-state index is 5.73. The normalized spacial score (nSPS) is 14.6. The Balaban J connectivity index is 1.66. The summed E-state index contributed by atoms with van der Waals surface area (Å²) >= 11 is 2.32. The van der Waals surface area contributed by atoms with E-state index in [9.17, 15) is 0 Å². The molecule has 0 amide bonds. The maximum Gasteiger partial charge on any atom is 0.122 e. The molecule has 3 nitrogen and oxygen atoms in total. The van der Waals surface area contributed by atoms with Crippen LogP contribution in [0.2, 0.25) is 0 Å². The summed E-state index contributed by atoms with van der Waals surface area (Å²) in [5, 5.41) is 0. The third-order valence-electron chi connectivity index (χ3n) is 3.95. The Morgan fingerprint density at radius 3 is 2.76 bits per heavy atom. The molecule has 0 spiro atoms. The fraction of sp³-hybridized carbons (Fsp3) is 0.294. The molecular formula is C17H19IN2O. The molecule has 21 heavy (non-hydrogen) atoms. The molecule has 110 valence electrons. The molecule has 1 aliphatic heterocycles. The van der Waals surface area contributed by atoms with E-state index in [0.29, 0.717) is 0 Å². The Hall–Kier alpha value is -1.11. The van der Waals surface area contributed by atoms with Gasteiger partial charge in [0.25, 0.3) is 0 Å². The van der Waals surface area contributed by atoms with Gasteiger partial charge in [-0.1, -0.05) is 24.3 Å². The first-order valence-electron chi connectivity index (χ1n) is 7.22. The molecule has 2 aromatic carbocycles. The summed E-state index contributed by atoms with van der Waals surface area (Å²) < 4.78 is 6.79. The van der Waals surface area contributed by atoms with Crippen LogP contribution in [0.25, 0.3) is 0 Å². The summed E-state index contributed by atoms with van der Waals surface area (Å²) in [5.74, 6) is 6.77. The lowest BCUT2D eigenvalue weighted by atomic mass is 9.98. The number of nitrogens with one attached hydrogen (secondary N) is 1. The van der Waals surface area contributed by atoms with Crippen molar-refractivity contribution in [3.8, 4) is 5.75 Å². The smallest absolute Gasteiger partial charge is 0.122 e. The molecule has 4 heteroatoms. The van der Waals surface area contributed by atoms with Crippen molar-refractivity contribution in [3.63, 3.8) is 0 Å². The lowest BCUT2D eigenvalue weighted by Crippen LogP contribution is -2.28. The Morgan fingerprint density at radius 2 is 2.00 bits per heavy atom. The van der Waals surface area contributed by atoms with Crippen molar-refractivity contribution in [1.82, 2.24) is 5.43 Å². The predicted octanol–water partition coefficient (Wildman–Crippen LogP) is 3.36. The SMILES string of the molecule is NNC(CCc1ccc2c(c1)CCO2)c1ccc(I)cc1. The molecule has 0 bridgehead atoms. The first-order valence-corrected chi connectivity index (χ1v) is 8.30. The van der Waals surface area contributed by atoms with Crippen molar-refractivity contribution in [2.24, 2.45) is 5.84 Å². The topological polar surface area (TPSA) is 47.3 Å². The number of hydrazine groups is 1. The summed E-state index contributed by atoms with van der Waals surface area (Å²) in [6.45, 7) is 0.814. The Kier molecular flexibility index (Phi) is 4.77. The fourth-order valence-corrected chi connectivity index (χ4v) is 3.11. The molecule has 1 aliphatic rings. The van der Waals surface area contributed by atoms with Gasteiger partial charge in [0.1, 0.15) is 5.75 Å². The van der Waals surface area contributed by atoms with Gasteiger partial charge >= 0.3 is 0 Å².